The van der Waals surface area contributed by atoms with Gasteiger partial charge in [0.25, 0.3) is 0 Å². The van der Waals surface area contributed by atoms with Crippen molar-refractivity contribution < 1.29 is 19.3 Å². The number of hydrogen-bond acceptors (Lipinski definition) is 3. The summed E-state index contributed by atoms with van der Waals surface area (Å²) in [6.45, 7) is -0.363. The molecule has 3 nitrogen and oxygen atoms in total. The third kappa shape index (κ3) is 1.38. The molecule has 9 heavy (non-hydrogen) atoms. The first-order valence-electron chi connectivity index (χ1n) is 2.82. The Bertz CT molecular complexity index is 98.2. The summed E-state index contributed by atoms with van der Waals surface area (Å²) in [6.07, 6.45) is -3.09. The molecule has 0 aromatic carbocycles. The summed E-state index contributed by atoms with van der Waals surface area (Å²) in [5.74, 6) is 0. The maximum Gasteiger partial charge on any atom is 0.158 e. The zero-order valence-electron chi connectivity index (χ0n) is 4.83. The number of halogens is 1. The van der Waals surface area contributed by atoms with Crippen molar-refractivity contribution in [1.29, 1.82) is 0 Å². The SMILES string of the molecule is OCC1OC(O)CC1F. The van der Waals surface area contributed by atoms with Gasteiger partial charge in [-0.05, 0) is 0 Å². The maximum atomic E-state index is 12.4. The van der Waals surface area contributed by atoms with Gasteiger partial charge in [-0.25, -0.2) is 4.39 Å². The second kappa shape index (κ2) is 2.60. The number of alkyl halides is 1. The van der Waals surface area contributed by atoms with Crippen LogP contribution >= 0.6 is 0 Å². The smallest absolute Gasteiger partial charge is 0.158 e. The number of rotatable bonds is 1. The molecule has 1 rings (SSSR count). The topological polar surface area (TPSA) is 49.7 Å². The van der Waals surface area contributed by atoms with E-state index < -0.39 is 18.6 Å². The van der Waals surface area contributed by atoms with E-state index in [0.29, 0.717) is 0 Å². The Morgan fingerprint density at radius 2 is 2.33 bits per heavy atom. The highest BCUT2D eigenvalue weighted by molar-refractivity contribution is 4.76. The molecule has 0 bridgehead atoms. The predicted octanol–water partition coefficient (Wildman–Crippen LogP) is -0.576. The standard InChI is InChI=1S/C5H9FO3/c6-3-1-5(8)9-4(3)2-7/h3-5,7-8H,1-2H2. The van der Waals surface area contributed by atoms with Gasteiger partial charge in [0.1, 0.15) is 12.3 Å². The summed E-state index contributed by atoms with van der Waals surface area (Å²) in [5, 5.41) is 17.0. The fourth-order valence-corrected chi connectivity index (χ4v) is 0.844. The van der Waals surface area contributed by atoms with Crippen LogP contribution in [0.1, 0.15) is 6.42 Å². The first kappa shape index (κ1) is 6.92. The fourth-order valence-electron chi connectivity index (χ4n) is 0.844. The summed E-state index contributed by atoms with van der Waals surface area (Å²) in [6, 6.07) is 0. The zero-order valence-corrected chi connectivity index (χ0v) is 4.83. The van der Waals surface area contributed by atoms with Crippen molar-refractivity contribution >= 4 is 0 Å². The lowest BCUT2D eigenvalue weighted by molar-refractivity contribution is -0.104. The molecule has 0 spiro atoms. The summed E-state index contributed by atoms with van der Waals surface area (Å²) in [4.78, 5) is 0. The van der Waals surface area contributed by atoms with Crippen LogP contribution in [-0.2, 0) is 4.74 Å². The third-order valence-electron chi connectivity index (χ3n) is 1.34. The average molecular weight is 136 g/mol. The summed E-state index contributed by atoms with van der Waals surface area (Å²) in [5.41, 5.74) is 0. The Balaban J connectivity index is 2.38. The molecule has 1 aliphatic rings. The Labute approximate surface area is 52.1 Å². The van der Waals surface area contributed by atoms with Crippen LogP contribution in [0.15, 0.2) is 0 Å². The Morgan fingerprint density at radius 3 is 2.56 bits per heavy atom. The van der Waals surface area contributed by atoms with Crippen LogP contribution in [-0.4, -0.2) is 35.4 Å². The monoisotopic (exact) mass is 136 g/mol. The third-order valence-corrected chi connectivity index (χ3v) is 1.34. The van der Waals surface area contributed by atoms with Gasteiger partial charge in [0.2, 0.25) is 0 Å². The normalized spacial score (nSPS) is 43.7. The van der Waals surface area contributed by atoms with Gasteiger partial charge in [0.05, 0.1) is 6.61 Å². The number of ether oxygens (including phenoxy) is 1. The molecule has 3 unspecified atom stereocenters. The maximum absolute atomic E-state index is 12.4. The summed E-state index contributed by atoms with van der Waals surface area (Å²) < 4.78 is 16.9. The van der Waals surface area contributed by atoms with E-state index in [1.807, 2.05) is 0 Å². The molecule has 3 atom stereocenters. The molecule has 1 aliphatic heterocycles. The minimum Gasteiger partial charge on any atom is -0.394 e. The summed E-state index contributed by atoms with van der Waals surface area (Å²) >= 11 is 0. The first-order valence-corrected chi connectivity index (χ1v) is 2.82. The molecule has 0 amide bonds. The second-order valence-corrected chi connectivity index (χ2v) is 2.06. The van der Waals surface area contributed by atoms with Gasteiger partial charge < -0.3 is 14.9 Å². The molecule has 0 aliphatic carbocycles. The van der Waals surface area contributed by atoms with E-state index in [0.717, 1.165) is 0 Å². The van der Waals surface area contributed by atoms with Gasteiger partial charge in [-0.3, -0.25) is 0 Å². The molecule has 1 heterocycles. The van der Waals surface area contributed by atoms with Crippen molar-refractivity contribution in [3.8, 4) is 0 Å². The van der Waals surface area contributed by atoms with Crippen LogP contribution in [0.4, 0.5) is 4.39 Å². The highest BCUT2D eigenvalue weighted by atomic mass is 19.1. The molecule has 2 N–H and O–H groups in total. The van der Waals surface area contributed by atoms with Crippen molar-refractivity contribution in [2.45, 2.75) is 25.0 Å². The molecule has 0 radical (unpaired) electrons. The van der Waals surface area contributed by atoms with E-state index in [1.54, 1.807) is 0 Å². The minimum atomic E-state index is -1.22. The van der Waals surface area contributed by atoms with Crippen LogP contribution in [0, 0.1) is 0 Å². The lowest BCUT2D eigenvalue weighted by Gasteiger charge is -2.06. The molecule has 0 aromatic heterocycles. The Kier molecular flexibility index (Phi) is 2.00. The Morgan fingerprint density at radius 1 is 1.67 bits per heavy atom. The van der Waals surface area contributed by atoms with E-state index in [4.69, 9.17) is 10.2 Å². The van der Waals surface area contributed by atoms with Crippen molar-refractivity contribution in [1.82, 2.24) is 0 Å². The predicted molar refractivity (Wildman–Crippen MR) is 27.5 cm³/mol. The van der Waals surface area contributed by atoms with E-state index in [2.05, 4.69) is 4.74 Å². The fraction of sp³-hybridized carbons (Fsp3) is 1.00. The number of aliphatic hydroxyl groups excluding tert-OH is 2. The van der Waals surface area contributed by atoms with Gasteiger partial charge in [-0.15, -0.1) is 0 Å². The van der Waals surface area contributed by atoms with Crippen LogP contribution in [0.3, 0.4) is 0 Å². The molecule has 4 heteroatoms. The van der Waals surface area contributed by atoms with Crippen molar-refractivity contribution in [2.75, 3.05) is 6.61 Å². The van der Waals surface area contributed by atoms with E-state index >= 15 is 0 Å². The largest absolute Gasteiger partial charge is 0.394 e. The molecular weight excluding hydrogens is 127 g/mol. The van der Waals surface area contributed by atoms with Crippen LogP contribution in [0.25, 0.3) is 0 Å². The van der Waals surface area contributed by atoms with Gasteiger partial charge in [0, 0.05) is 6.42 Å². The van der Waals surface area contributed by atoms with E-state index in [-0.39, 0.29) is 13.0 Å². The minimum absolute atomic E-state index is 0.0226. The first-order chi connectivity index (χ1) is 4.24. The quantitative estimate of drug-likeness (QED) is 0.507. The Hall–Kier alpha value is -0.190. The molecule has 0 saturated carbocycles. The van der Waals surface area contributed by atoms with E-state index in [1.165, 1.54) is 0 Å². The second-order valence-electron chi connectivity index (χ2n) is 2.06. The van der Waals surface area contributed by atoms with Crippen LogP contribution in [0.2, 0.25) is 0 Å². The lowest BCUT2D eigenvalue weighted by atomic mass is 10.2. The van der Waals surface area contributed by atoms with Gasteiger partial charge >= 0.3 is 0 Å². The van der Waals surface area contributed by atoms with Crippen LogP contribution in [0.5, 0.6) is 0 Å². The van der Waals surface area contributed by atoms with Crippen LogP contribution < -0.4 is 0 Å². The van der Waals surface area contributed by atoms with Crippen molar-refractivity contribution in [3.05, 3.63) is 0 Å². The van der Waals surface area contributed by atoms with Gasteiger partial charge in [0.15, 0.2) is 6.29 Å². The molecule has 0 aromatic rings. The highest BCUT2D eigenvalue weighted by Crippen LogP contribution is 2.20. The van der Waals surface area contributed by atoms with Crippen molar-refractivity contribution in [3.63, 3.8) is 0 Å². The average Bonchev–Trinajstić information content (AvgIpc) is 2.10. The van der Waals surface area contributed by atoms with Gasteiger partial charge in [-0.1, -0.05) is 0 Å². The number of hydrogen-bond donors (Lipinski definition) is 2. The van der Waals surface area contributed by atoms with E-state index in [9.17, 15) is 4.39 Å². The molecule has 1 saturated heterocycles. The molecule has 54 valence electrons. The zero-order chi connectivity index (χ0) is 6.85. The number of aliphatic hydroxyl groups is 2. The highest BCUT2D eigenvalue weighted by Gasteiger charge is 2.33. The van der Waals surface area contributed by atoms with Gasteiger partial charge in [-0.2, -0.15) is 0 Å². The molecule has 1 fully saturated rings. The summed E-state index contributed by atoms with van der Waals surface area (Å²) in [7, 11) is 0. The molecular formula is C5H9FO3. The lowest BCUT2D eigenvalue weighted by Crippen LogP contribution is -2.21. The van der Waals surface area contributed by atoms with Crippen molar-refractivity contribution in [2.24, 2.45) is 0 Å².